The number of rotatable bonds is 3. The molecule has 3 aliphatic rings. The fraction of sp³-hybridized carbons (Fsp3) is 1.00. The zero-order valence-corrected chi connectivity index (χ0v) is 12.7. The minimum Gasteiger partial charge on any atom is -0.389 e. The quantitative estimate of drug-likeness (QED) is 0.822. The van der Waals surface area contributed by atoms with Crippen LogP contribution < -0.4 is 5.73 Å². The number of hydrogen-bond donors (Lipinski definition) is 2. The molecule has 3 aliphatic carbocycles. The maximum Gasteiger partial charge on any atom is 0.0718 e. The summed E-state index contributed by atoms with van der Waals surface area (Å²) in [5.74, 6) is 3.15. The van der Waals surface area contributed by atoms with E-state index in [0.29, 0.717) is 12.5 Å². The van der Waals surface area contributed by atoms with E-state index in [2.05, 4.69) is 13.8 Å². The Bertz CT molecular complexity index is 332. The molecule has 0 heterocycles. The summed E-state index contributed by atoms with van der Waals surface area (Å²) in [6.45, 7) is 5.35. The molecule has 3 atom stereocenters. The summed E-state index contributed by atoms with van der Waals surface area (Å²) in [6.07, 6.45) is 9.65. The number of hydrogen-bond acceptors (Lipinski definition) is 2. The van der Waals surface area contributed by atoms with Gasteiger partial charge in [0.15, 0.2) is 0 Å². The Morgan fingerprint density at radius 2 is 1.84 bits per heavy atom. The maximum atomic E-state index is 11.4. The molecule has 110 valence electrons. The average Bonchev–Trinajstić information content (AvgIpc) is 3.00. The molecule has 19 heavy (non-hydrogen) atoms. The molecule has 0 aliphatic heterocycles. The minimum atomic E-state index is -0.451. The Morgan fingerprint density at radius 1 is 1.16 bits per heavy atom. The summed E-state index contributed by atoms with van der Waals surface area (Å²) in [6, 6.07) is 0. The lowest BCUT2D eigenvalue weighted by atomic mass is 9.56. The highest BCUT2D eigenvalue weighted by atomic mass is 16.3. The SMILES string of the molecule is CC(C)C1CCC(O)(C2(CN)CC3CCC2C3)CC1. The van der Waals surface area contributed by atoms with E-state index in [1.807, 2.05) is 0 Å². The second kappa shape index (κ2) is 4.73. The van der Waals surface area contributed by atoms with Crippen LogP contribution in [0.3, 0.4) is 0 Å². The Kier molecular flexibility index (Phi) is 3.46. The molecule has 0 aromatic rings. The summed E-state index contributed by atoms with van der Waals surface area (Å²) in [4.78, 5) is 0. The number of fused-ring (bicyclic) bond motifs is 2. The van der Waals surface area contributed by atoms with Crippen molar-refractivity contribution >= 4 is 0 Å². The normalized spacial score (nSPS) is 50.1. The summed E-state index contributed by atoms with van der Waals surface area (Å²) in [7, 11) is 0. The molecule has 3 saturated carbocycles. The van der Waals surface area contributed by atoms with Crippen molar-refractivity contribution in [2.45, 2.75) is 70.8 Å². The summed E-state index contributed by atoms with van der Waals surface area (Å²) in [5, 5.41) is 11.4. The Labute approximate surface area is 118 Å². The van der Waals surface area contributed by atoms with Crippen molar-refractivity contribution in [2.75, 3.05) is 6.54 Å². The third kappa shape index (κ3) is 1.98. The molecule has 3 N–H and O–H groups in total. The topological polar surface area (TPSA) is 46.2 Å². The molecule has 0 aromatic carbocycles. The summed E-state index contributed by atoms with van der Waals surface area (Å²) < 4.78 is 0. The van der Waals surface area contributed by atoms with Crippen LogP contribution in [-0.2, 0) is 0 Å². The highest BCUT2D eigenvalue weighted by molar-refractivity contribution is 5.12. The van der Waals surface area contributed by atoms with Gasteiger partial charge in [-0.2, -0.15) is 0 Å². The van der Waals surface area contributed by atoms with Crippen molar-refractivity contribution in [1.29, 1.82) is 0 Å². The van der Waals surface area contributed by atoms with Crippen molar-refractivity contribution in [3.63, 3.8) is 0 Å². The lowest BCUT2D eigenvalue weighted by molar-refractivity contribution is -0.139. The van der Waals surface area contributed by atoms with E-state index in [1.165, 1.54) is 38.5 Å². The van der Waals surface area contributed by atoms with Gasteiger partial charge in [-0.1, -0.05) is 20.3 Å². The van der Waals surface area contributed by atoms with Gasteiger partial charge in [-0.15, -0.1) is 0 Å². The third-order valence-corrected chi connectivity index (χ3v) is 7.07. The van der Waals surface area contributed by atoms with Gasteiger partial charge >= 0.3 is 0 Å². The lowest BCUT2D eigenvalue weighted by Crippen LogP contribution is -2.57. The monoisotopic (exact) mass is 265 g/mol. The fourth-order valence-electron chi connectivity index (χ4n) is 5.74. The first-order chi connectivity index (χ1) is 9.01. The van der Waals surface area contributed by atoms with Gasteiger partial charge in [-0.25, -0.2) is 0 Å². The Hall–Kier alpha value is -0.0800. The summed E-state index contributed by atoms with van der Waals surface area (Å²) in [5.41, 5.74) is 5.82. The highest BCUT2D eigenvalue weighted by Crippen LogP contribution is 2.63. The van der Waals surface area contributed by atoms with Crippen LogP contribution in [0.5, 0.6) is 0 Å². The molecular weight excluding hydrogens is 234 g/mol. The van der Waals surface area contributed by atoms with Gasteiger partial charge in [0, 0.05) is 12.0 Å². The number of nitrogens with two attached hydrogens (primary N) is 1. The van der Waals surface area contributed by atoms with Crippen molar-refractivity contribution in [1.82, 2.24) is 0 Å². The highest BCUT2D eigenvalue weighted by Gasteiger charge is 2.60. The van der Waals surface area contributed by atoms with Crippen LogP contribution in [0.1, 0.15) is 65.2 Å². The van der Waals surface area contributed by atoms with Crippen LogP contribution in [0.4, 0.5) is 0 Å². The molecule has 0 saturated heterocycles. The molecule has 2 nitrogen and oxygen atoms in total. The second-order valence-electron chi connectivity index (χ2n) is 8.05. The van der Waals surface area contributed by atoms with Gasteiger partial charge in [-0.05, 0) is 68.6 Å². The van der Waals surface area contributed by atoms with Crippen LogP contribution in [0, 0.1) is 29.1 Å². The van der Waals surface area contributed by atoms with Gasteiger partial charge in [0.25, 0.3) is 0 Å². The first kappa shape index (κ1) is 13.9. The Morgan fingerprint density at radius 3 is 2.26 bits per heavy atom. The van der Waals surface area contributed by atoms with E-state index >= 15 is 0 Å². The molecule has 0 spiro atoms. The molecule has 0 aromatic heterocycles. The van der Waals surface area contributed by atoms with Crippen LogP contribution in [0.2, 0.25) is 0 Å². The van der Waals surface area contributed by atoms with Crippen LogP contribution in [-0.4, -0.2) is 17.3 Å². The molecule has 3 fully saturated rings. The van der Waals surface area contributed by atoms with Gasteiger partial charge in [0.1, 0.15) is 0 Å². The molecular formula is C17H31NO. The van der Waals surface area contributed by atoms with Crippen molar-refractivity contribution in [3.05, 3.63) is 0 Å². The maximum absolute atomic E-state index is 11.4. The van der Waals surface area contributed by atoms with Gasteiger partial charge in [0.2, 0.25) is 0 Å². The number of aliphatic hydroxyl groups is 1. The summed E-state index contributed by atoms with van der Waals surface area (Å²) >= 11 is 0. The van der Waals surface area contributed by atoms with E-state index in [1.54, 1.807) is 0 Å². The lowest BCUT2D eigenvalue weighted by Gasteiger charge is -2.53. The van der Waals surface area contributed by atoms with Crippen LogP contribution in [0.25, 0.3) is 0 Å². The van der Waals surface area contributed by atoms with Gasteiger partial charge in [0.05, 0.1) is 5.60 Å². The Balaban J connectivity index is 1.77. The smallest absolute Gasteiger partial charge is 0.0718 e. The molecule has 3 unspecified atom stereocenters. The van der Waals surface area contributed by atoms with E-state index in [4.69, 9.17) is 5.73 Å². The molecule has 2 bridgehead atoms. The van der Waals surface area contributed by atoms with E-state index in [-0.39, 0.29) is 5.41 Å². The standard InChI is InChI=1S/C17H31NO/c1-12(2)14-5-7-17(19,8-6-14)16(11-18)10-13-3-4-15(16)9-13/h12-15,19H,3-11,18H2,1-2H3. The zero-order chi connectivity index (χ0) is 13.7. The fourth-order valence-corrected chi connectivity index (χ4v) is 5.74. The zero-order valence-electron chi connectivity index (χ0n) is 12.7. The predicted molar refractivity (Wildman–Crippen MR) is 78.7 cm³/mol. The molecule has 3 rings (SSSR count). The molecule has 2 heteroatoms. The minimum absolute atomic E-state index is 0.0673. The van der Waals surface area contributed by atoms with Crippen molar-refractivity contribution in [2.24, 2.45) is 34.8 Å². The average molecular weight is 265 g/mol. The van der Waals surface area contributed by atoms with E-state index in [9.17, 15) is 5.11 Å². The predicted octanol–water partition coefficient (Wildman–Crippen LogP) is 3.33. The van der Waals surface area contributed by atoms with Crippen LogP contribution in [0.15, 0.2) is 0 Å². The van der Waals surface area contributed by atoms with Crippen molar-refractivity contribution < 1.29 is 5.11 Å². The van der Waals surface area contributed by atoms with Crippen LogP contribution >= 0.6 is 0 Å². The van der Waals surface area contributed by atoms with E-state index in [0.717, 1.165) is 30.6 Å². The van der Waals surface area contributed by atoms with Gasteiger partial charge < -0.3 is 10.8 Å². The molecule has 0 radical (unpaired) electrons. The largest absolute Gasteiger partial charge is 0.389 e. The van der Waals surface area contributed by atoms with Crippen molar-refractivity contribution in [3.8, 4) is 0 Å². The van der Waals surface area contributed by atoms with Gasteiger partial charge in [-0.3, -0.25) is 0 Å². The van der Waals surface area contributed by atoms with E-state index < -0.39 is 5.60 Å². The molecule has 0 amide bonds. The first-order valence-electron chi connectivity index (χ1n) is 8.43. The second-order valence-corrected chi connectivity index (χ2v) is 8.05. The first-order valence-corrected chi connectivity index (χ1v) is 8.43. The third-order valence-electron chi connectivity index (χ3n) is 7.07.